The molecular weight excluding hydrogens is 371 g/mol. The van der Waals surface area contributed by atoms with Crippen molar-refractivity contribution >= 4 is 57.3 Å². The molecule has 0 saturated carbocycles. The molecule has 0 fully saturated rings. The second-order valence-corrected chi connectivity index (χ2v) is 6.14. The Bertz CT molecular complexity index is 910. The van der Waals surface area contributed by atoms with Crippen molar-refractivity contribution in [1.82, 2.24) is 4.98 Å². The van der Waals surface area contributed by atoms with Crippen LogP contribution in [-0.2, 0) is 4.79 Å². The molecule has 1 amide bonds. The highest BCUT2D eigenvalue weighted by molar-refractivity contribution is 6.44. The van der Waals surface area contributed by atoms with Gasteiger partial charge in [0.25, 0.3) is 5.91 Å². The van der Waals surface area contributed by atoms with Crippen LogP contribution in [0.2, 0.25) is 15.1 Å². The summed E-state index contributed by atoms with van der Waals surface area (Å²) in [6, 6.07) is 12.2. The Morgan fingerprint density at radius 1 is 1.04 bits per heavy atom. The second-order valence-electron chi connectivity index (χ2n) is 4.91. The van der Waals surface area contributed by atoms with E-state index in [1.807, 2.05) is 24.3 Å². The minimum Gasteiger partial charge on any atom is -0.481 e. The first-order chi connectivity index (χ1) is 11.5. The molecule has 0 radical (unpaired) electrons. The van der Waals surface area contributed by atoms with E-state index >= 15 is 0 Å². The molecule has 3 rings (SSSR count). The van der Waals surface area contributed by atoms with Crippen LogP contribution in [0.15, 0.2) is 48.7 Å². The van der Waals surface area contributed by atoms with Crippen LogP contribution in [0.1, 0.15) is 0 Å². The summed E-state index contributed by atoms with van der Waals surface area (Å²) in [4.78, 5) is 16.3. The van der Waals surface area contributed by atoms with E-state index in [1.54, 1.807) is 12.3 Å². The summed E-state index contributed by atoms with van der Waals surface area (Å²) in [7, 11) is 0. The summed E-state index contributed by atoms with van der Waals surface area (Å²) >= 11 is 17.8. The number of carbonyl (C=O) groups excluding carboxylic acids is 1. The molecule has 7 heteroatoms. The highest BCUT2D eigenvalue weighted by Crippen LogP contribution is 2.32. The molecule has 1 N–H and O–H groups in total. The summed E-state index contributed by atoms with van der Waals surface area (Å²) < 4.78 is 5.57. The van der Waals surface area contributed by atoms with Gasteiger partial charge in [0, 0.05) is 11.6 Å². The quantitative estimate of drug-likeness (QED) is 0.631. The van der Waals surface area contributed by atoms with Crippen LogP contribution >= 0.6 is 34.8 Å². The van der Waals surface area contributed by atoms with Gasteiger partial charge in [-0.3, -0.25) is 9.78 Å². The Balaban J connectivity index is 1.71. The van der Waals surface area contributed by atoms with E-state index in [1.165, 1.54) is 12.1 Å². The highest BCUT2D eigenvalue weighted by atomic mass is 35.5. The van der Waals surface area contributed by atoms with Crippen molar-refractivity contribution in [3.8, 4) is 5.75 Å². The van der Waals surface area contributed by atoms with E-state index in [0.717, 1.165) is 5.39 Å². The third kappa shape index (κ3) is 3.73. The third-order valence-electron chi connectivity index (χ3n) is 3.24. The minimum atomic E-state index is -0.372. The molecule has 0 spiro atoms. The fraction of sp³-hybridized carbons (Fsp3) is 0.0588. The maximum atomic E-state index is 12.1. The molecule has 122 valence electrons. The van der Waals surface area contributed by atoms with Crippen LogP contribution in [0.4, 0.5) is 5.69 Å². The molecule has 0 bridgehead atoms. The monoisotopic (exact) mass is 380 g/mol. The Kier molecular flexibility index (Phi) is 5.09. The zero-order chi connectivity index (χ0) is 17.1. The van der Waals surface area contributed by atoms with Gasteiger partial charge in [-0.25, -0.2) is 0 Å². The molecule has 0 unspecified atom stereocenters. The van der Waals surface area contributed by atoms with Crippen molar-refractivity contribution in [1.29, 1.82) is 0 Å². The maximum absolute atomic E-state index is 12.1. The topological polar surface area (TPSA) is 51.2 Å². The number of hydrogen-bond donors (Lipinski definition) is 1. The smallest absolute Gasteiger partial charge is 0.262 e. The van der Waals surface area contributed by atoms with Gasteiger partial charge in [-0.2, -0.15) is 0 Å². The first kappa shape index (κ1) is 16.8. The minimum absolute atomic E-state index is 0.188. The largest absolute Gasteiger partial charge is 0.481 e. The van der Waals surface area contributed by atoms with Gasteiger partial charge in [0.15, 0.2) is 6.61 Å². The van der Waals surface area contributed by atoms with E-state index in [0.29, 0.717) is 32.0 Å². The van der Waals surface area contributed by atoms with Crippen LogP contribution in [-0.4, -0.2) is 17.5 Å². The van der Waals surface area contributed by atoms with Gasteiger partial charge in [0.1, 0.15) is 11.3 Å². The van der Waals surface area contributed by atoms with E-state index in [9.17, 15) is 4.79 Å². The van der Waals surface area contributed by atoms with Crippen molar-refractivity contribution < 1.29 is 9.53 Å². The van der Waals surface area contributed by atoms with Crippen LogP contribution in [0.25, 0.3) is 10.9 Å². The Morgan fingerprint density at radius 3 is 2.62 bits per heavy atom. The van der Waals surface area contributed by atoms with Crippen molar-refractivity contribution in [2.75, 3.05) is 11.9 Å². The second kappa shape index (κ2) is 7.26. The zero-order valence-corrected chi connectivity index (χ0v) is 14.5. The lowest BCUT2D eigenvalue weighted by Gasteiger charge is -2.11. The Morgan fingerprint density at radius 2 is 1.79 bits per heavy atom. The number of para-hydroxylation sites is 1. The summed E-state index contributed by atoms with van der Waals surface area (Å²) in [6.45, 7) is -0.188. The number of rotatable bonds is 4. The number of ether oxygens (including phenoxy) is 1. The predicted molar refractivity (Wildman–Crippen MR) is 97.3 cm³/mol. The number of anilines is 1. The molecule has 1 aromatic heterocycles. The normalized spacial score (nSPS) is 10.6. The van der Waals surface area contributed by atoms with Crippen LogP contribution in [0.5, 0.6) is 5.75 Å². The molecule has 4 nitrogen and oxygen atoms in total. The van der Waals surface area contributed by atoms with Crippen LogP contribution in [0.3, 0.4) is 0 Å². The van der Waals surface area contributed by atoms with E-state index in [2.05, 4.69) is 10.3 Å². The van der Waals surface area contributed by atoms with Gasteiger partial charge in [-0.1, -0.05) is 53.0 Å². The number of fused-ring (bicyclic) bond motifs is 1. The third-order valence-corrected chi connectivity index (χ3v) is 4.27. The molecule has 3 aromatic rings. The van der Waals surface area contributed by atoms with Crippen molar-refractivity contribution in [2.45, 2.75) is 0 Å². The number of halogens is 3. The molecule has 0 saturated heterocycles. The lowest BCUT2D eigenvalue weighted by Crippen LogP contribution is -2.20. The van der Waals surface area contributed by atoms with Gasteiger partial charge in [0.2, 0.25) is 0 Å². The number of benzene rings is 2. The molecule has 0 aliphatic carbocycles. The van der Waals surface area contributed by atoms with Crippen molar-refractivity contribution in [3.05, 3.63) is 63.7 Å². The SMILES string of the molecule is O=C(COc1cccc2cccnc12)Nc1cc(Cl)c(Cl)cc1Cl. The number of hydrogen-bond acceptors (Lipinski definition) is 3. The fourth-order valence-electron chi connectivity index (χ4n) is 2.14. The lowest BCUT2D eigenvalue weighted by molar-refractivity contribution is -0.118. The fourth-order valence-corrected chi connectivity index (χ4v) is 2.73. The van der Waals surface area contributed by atoms with E-state index in [-0.39, 0.29) is 12.5 Å². The van der Waals surface area contributed by atoms with E-state index in [4.69, 9.17) is 39.5 Å². The molecule has 0 aliphatic heterocycles. The van der Waals surface area contributed by atoms with Crippen LogP contribution in [0, 0.1) is 0 Å². The highest BCUT2D eigenvalue weighted by Gasteiger charge is 2.11. The first-order valence-corrected chi connectivity index (χ1v) is 8.09. The number of nitrogens with zero attached hydrogens (tertiary/aromatic N) is 1. The summed E-state index contributed by atoms with van der Waals surface area (Å²) in [6.07, 6.45) is 1.67. The molecule has 24 heavy (non-hydrogen) atoms. The van der Waals surface area contributed by atoms with Gasteiger partial charge in [0.05, 0.1) is 20.8 Å². The molecule has 2 aromatic carbocycles. The van der Waals surface area contributed by atoms with Crippen LogP contribution < -0.4 is 10.1 Å². The number of aromatic nitrogens is 1. The summed E-state index contributed by atoms with van der Waals surface area (Å²) in [5, 5.41) is 4.49. The predicted octanol–water partition coefficient (Wildman–Crippen LogP) is 5.21. The lowest BCUT2D eigenvalue weighted by atomic mass is 10.2. The summed E-state index contributed by atoms with van der Waals surface area (Å²) in [5.41, 5.74) is 1.07. The Labute approximate surface area is 153 Å². The summed E-state index contributed by atoms with van der Waals surface area (Å²) in [5.74, 6) is 0.159. The Hall–Kier alpha value is -2.01. The maximum Gasteiger partial charge on any atom is 0.262 e. The number of carbonyl (C=O) groups is 1. The first-order valence-electron chi connectivity index (χ1n) is 6.95. The van der Waals surface area contributed by atoms with E-state index < -0.39 is 0 Å². The molecule has 1 heterocycles. The van der Waals surface area contributed by atoms with Gasteiger partial charge >= 0.3 is 0 Å². The average molecular weight is 382 g/mol. The van der Waals surface area contributed by atoms with Gasteiger partial charge in [-0.05, 0) is 24.3 Å². The standard InChI is InChI=1S/C17H11Cl3N2O2/c18-11-7-13(20)14(8-12(11)19)22-16(23)9-24-15-5-1-3-10-4-2-6-21-17(10)15/h1-8H,9H2,(H,22,23). The van der Waals surface area contributed by atoms with Gasteiger partial charge in [-0.15, -0.1) is 0 Å². The van der Waals surface area contributed by atoms with Crippen molar-refractivity contribution in [2.24, 2.45) is 0 Å². The number of nitrogens with one attached hydrogen (secondary N) is 1. The molecule has 0 aliphatic rings. The number of amides is 1. The molecule has 0 atom stereocenters. The average Bonchev–Trinajstić information content (AvgIpc) is 2.58. The molecular formula is C17H11Cl3N2O2. The number of pyridine rings is 1. The van der Waals surface area contributed by atoms with Gasteiger partial charge < -0.3 is 10.1 Å². The zero-order valence-electron chi connectivity index (χ0n) is 12.2. The van der Waals surface area contributed by atoms with Crippen molar-refractivity contribution in [3.63, 3.8) is 0 Å².